The van der Waals surface area contributed by atoms with Crippen molar-refractivity contribution in [3.63, 3.8) is 0 Å². The van der Waals surface area contributed by atoms with Gasteiger partial charge in [0.25, 0.3) is 0 Å². The highest BCUT2D eigenvalue weighted by molar-refractivity contribution is 9.10. The first kappa shape index (κ1) is 17.8. The molecule has 0 aliphatic heterocycles. The van der Waals surface area contributed by atoms with Crippen molar-refractivity contribution in [2.75, 3.05) is 0 Å². The van der Waals surface area contributed by atoms with Crippen LogP contribution in [0.4, 0.5) is 0 Å². The largest absolute Gasteiger partial charge is 0.288 e. The first-order valence-corrected chi connectivity index (χ1v) is 10.1. The van der Waals surface area contributed by atoms with Crippen LogP contribution in [0.15, 0.2) is 30.7 Å². The van der Waals surface area contributed by atoms with E-state index in [4.69, 9.17) is 0 Å². The van der Waals surface area contributed by atoms with E-state index >= 15 is 0 Å². The molecular formula is C20H20Br2O2. The Bertz CT molecular complexity index is 913. The van der Waals surface area contributed by atoms with E-state index in [1.807, 2.05) is 12.1 Å². The highest BCUT2D eigenvalue weighted by Crippen LogP contribution is 2.36. The highest BCUT2D eigenvalue weighted by atomic mass is 79.9. The molecule has 0 atom stereocenters. The lowest BCUT2D eigenvalue weighted by atomic mass is 9.92. The van der Waals surface area contributed by atoms with Crippen LogP contribution in [0.3, 0.4) is 0 Å². The van der Waals surface area contributed by atoms with Crippen molar-refractivity contribution in [1.82, 2.24) is 0 Å². The first-order chi connectivity index (χ1) is 11.5. The fourth-order valence-electron chi connectivity index (χ4n) is 3.58. The Morgan fingerprint density at radius 2 is 1.12 bits per heavy atom. The number of halogens is 2. The Morgan fingerprint density at radius 1 is 0.750 bits per heavy atom. The van der Waals surface area contributed by atoms with E-state index in [2.05, 4.69) is 45.7 Å². The molecule has 0 unspecified atom stereocenters. The van der Waals surface area contributed by atoms with E-state index < -0.39 is 0 Å². The molecule has 0 fully saturated rings. The lowest BCUT2D eigenvalue weighted by Crippen LogP contribution is -2.05. The zero-order valence-electron chi connectivity index (χ0n) is 14.0. The van der Waals surface area contributed by atoms with Gasteiger partial charge in [-0.15, -0.1) is 0 Å². The monoisotopic (exact) mass is 450 g/mol. The number of aryl methyl sites for hydroxylation is 2. The molecule has 0 bridgehead atoms. The molecule has 0 radical (unpaired) electrons. The summed E-state index contributed by atoms with van der Waals surface area (Å²) < 4.78 is 1.21. The fourth-order valence-corrected chi connectivity index (χ4v) is 4.44. The zero-order chi connectivity index (χ0) is 17.4. The summed E-state index contributed by atoms with van der Waals surface area (Å²) >= 11 is 6.81. The average molecular weight is 452 g/mol. The van der Waals surface area contributed by atoms with Gasteiger partial charge in [-0.2, -0.15) is 0 Å². The van der Waals surface area contributed by atoms with Crippen molar-refractivity contribution in [3.05, 3.63) is 52.7 Å². The quantitative estimate of drug-likeness (QED) is 0.474. The van der Waals surface area contributed by atoms with Gasteiger partial charge in [-0.3, -0.25) is 9.59 Å². The number of benzene rings is 1. The van der Waals surface area contributed by atoms with Crippen molar-refractivity contribution < 1.29 is 0 Å². The Hall–Kier alpha value is -1.00. The molecular weight excluding hydrogens is 432 g/mol. The second-order valence-electron chi connectivity index (χ2n) is 6.38. The van der Waals surface area contributed by atoms with Crippen LogP contribution in [0, 0.1) is 0 Å². The third kappa shape index (κ3) is 2.78. The van der Waals surface area contributed by atoms with Crippen molar-refractivity contribution in [2.24, 2.45) is 0 Å². The average Bonchev–Trinajstić information content (AvgIpc) is 3.02. The van der Waals surface area contributed by atoms with Crippen molar-refractivity contribution in [3.8, 4) is 0 Å². The van der Waals surface area contributed by atoms with Gasteiger partial charge in [-0.05, 0) is 91.6 Å². The molecule has 0 N–H and O–H groups in total. The number of hydrogen-bond acceptors (Lipinski definition) is 2. The molecule has 0 amide bonds. The SMILES string of the molecule is CCCCc1c2cc(Br)c(=O)c2c(CCCC)c2cc(Br)c(=O)c12. The van der Waals surface area contributed by atoms with Crippen LogP contribution in [0.2, 0.25) is 0 Å². The minimum absolute atomic E-state index is 0.0560. The lowest BCUT2D eigenvalue weighted by Gasteiger charge is -2.11. The van der Waals surface area contributed by atoms with Gasteiger partial charge in [0.15, 0.2) is 0 Å². The summed E-state index contributed by atoms with van der Waals surface area (Å²) in [5.74, 6) is 0. The van der Waals surface area contributed by atoms with Crippen LogP contribution in [0.25, 0.3) is 21.5 Å². The molecule has 126 valence electrons. The number of unbranched alkanes of at least 4 members (excludes halogenated alkanes) is 2. The molecule has 2 nitrogen and oxygen atoms in total. The normalized spacial score (nSPS) is 11.8. The summed E-state index contributed by atoms with van der Waals surface area (Å²) in [5, 5.41) is 3.56. The molecule has 3 aromatic rings. The van der Waals surface area contributed by atoms with E-state index in [0.717, 1.165) is 71.2 Å². The maximum Gasteiger partial charge on any atom is 0.200 e. The molecule has 0 heterocycles. The number of fused-ring (bicyclic) bond motifs is 2. The third-order valence-electron chi connectivity index (χ3n) is 4.78. The van der Waals surface area contributed by atoms with E-state index in [9.17, 15) is 9.59 Å². The van der Waals surface area contributed by atoms with Crippen LogP contribution in [-0.4, -0.2) is 0 Å². The first-order valence-electron chi connectivity index (χ1n) is 8.56. The van der Waals surface area contributed by atoms with Gasteiger partial charge in [0.05, 0.1) is 8.95 Å². The summed E-state index contributed by atoms with van der Waals surface area (Å²) in [4.78, 5) is 25.5. The van der Waals surface area contributed by atoms with Crippen LogP contribution >= 0.6 is 31.9 Å². The maximum absolute atomic E-state index is 12.7. The fraction of sp³-hybridized carbons (Fsp3) is 0.400. The van der Waals surface area contributed by atoms with Crippen LogP contribution < -0.4 is 10.9 Å². The minimum Gasteiger partial charge on any atom is -0.288 e. The second kappa shape index (κ2) is 7.09. The third-order valence-corrected chi connectivity index (χ3v) is 5.96. The second-order valence-corrected chi connectivity index (χ2v) is 8.09. The van der Waals surface area contributed by atoms with Gasteiger partial charge in [0.1, 0.15) is 0 Å². The molecule has 0 saturated carbocycles. The summed E-state index contributed by atoms with van der Waals surface area (Å²) in [7, 11) is 0. The predicted molar refractivity (Wildman–Crippen MR) is 109 cm³/mol. The molecule has 0 spiro atoms. The molecule has 0 aliphatic carbocycles. The van der Waals surface area contributed by atoms with Crippen LogP contribution in [0.5, 0.6) is 0 Å². The molecule has 0 saturated heterocycles. The standard InChI is InChI=1S/C20H20Br2O2/c1-3-5-7-11-13-9-15(21)20(24)18(13)12(8-6-4-2)14-10-16(22)19(23)17(11)14/h9-10H,3-8H2,1-2H3. The van der Waals surface area contributed by atoms with Gasteiger partial charge in [0.2, 0.25) is 10.9 Å². The van der Waals surface area contributed by atoms with Gasteiger partial charge in [-0.25, -0.2) is 0 Å². The van der Waals surface area contributed by atoms with Crippen molar-refractivity contribution in [1.29, 1.82) is 0 Å². The summed E-state index contributed by atoms with van der Waals surface area (Å²) in [6, 6.07) is 3.83. The Labute approximate surface area is 158 Å². The van der Waals surface area contributed by atoms with Gasteiger partial charge < -0.3 is 0 Å². The Kier molecular flexibility index (Phi) is 5.26. The molecule has 0 aliphatic rings. The van der Waals surface area contributed by atoms with Crippen LogP contribution in [-0.2, 0) is 12.8 Å². The van der Waals surface area contributed by atoms with Gasteiger partial charge in [-0.1, -0.05) is 26.7 Å². The molecule has 3 aromatic carbocycles. The smallest absolute Gasteiger partial charge is 0.200 e. The van der Waals surface area contributed by atoms with E-state index in [0.29, 0.717) is 8.95 Å². The molecule has 0 aromatic heterocycles. The van der Waals surface area contributed by atoms with Crippen molar-refractivity contribution >= 4 is 53.4 Å². The number of rotatable bonds is 6. The summed E-state index contributed by atoms with van der Waals surface area (Å²) in [5.41, 5.74) is 2.20. The Morgan fingerprint density at radius 3 is 1.46 bits per heavy atom. The zero-order valence-corrected chi connectivity index (χ0v) is 17.1. The van der Waals surface area contributed by atoms with Gasteiger partial charge in [0, 0.05) is 10.8 Å². The summed E-state index contributed by atoms with van der Waals surface area (Å²) in [6.07, 6.45) is 5.80. The minimum atomic E-state index is 0.0560. The summed E-state index contributed by atoms with van der Waals surface area (Å²) in [6.45, 7) is 4.28. The predicted octanol–water partition coefficient (Wildman–Crippen LogP) is 5.80. The van der Waals surface area contributed by atoms with E-state index in [1.165, 1.54) is 0 Å². The van der Waals surface area contributed by atoms with Gasteiger partial charge >= 0.3 is 0 Å². The Balaban J connectivity index is 2.48. The number of hydrogen-bond donors (Lipinski definition) is 0. The van der Waals surface area contributed by atoms with E-state index in [-0.39, 0.29) is 10.9 Å². The lowest BCUT2D eigenvalue weighted by molar-refractivity contribution is 0.798. The highest BCUT2D eigenvalue weighted by Gasteiger charge is 2.22. The van der Waals surface area contributed by atoms with E-state index in [1.54, 1.807) is 0 Å². The molecule has 4 heteroatoms. The molecule has 3 rings (SSSR count). The van der Waals surface area contributed by atoms with Crippen molar-refractivity contribution in [2.45, 2.75) is 52.4 Å². The topological polar surface area (TPSA) is 34.1 Å². The van der Waals surface area contributed by atoms with Crippen LogP contribution in [0.1, 0.15) is 50.7 Å². The molecule has 24 heavy (non-hydrogen) atoms. The maximum atomic E-state index is 12.7.